The van der Waals surface area contributed by atoms with E-state index in [9.17, 15) is 4.79 Å². The molecule has 1 aromatic heterocycles. The highest BCUT2D eigenvalue weighted by molar-refractivity contribution is 7.99. The van der Waals surface area contributed by atoms with Crippen LogP contribution in [0.15, 0.2) is 17.3 Å². The van der Waals surface area contributed by atoms with Gasteiger partial charge in [-0.3, -0.25) is 4.79 Å². The number of hydrogen-bond donors (Lipinski definition) is 0. The van der Waals surface area contributed by atoms with Crippen molar-refractivity contribution in [1.82, 2.24) is 4.98 Å². The molecule has 14 heavy (non-hydrogen) atoms. The number of hydrogen-bond acceptors (Lipinski definition) is 3. The van der Waals surface area contributed by atoms with Crippen LogP contribution >= 0.6 is 23.4 Å². The summed E-state index contributed by atoms with van der Waals surface area (Å²) in [6.07, 6.45) is 1.57. The molecule has 0 spiro atoms. The fourth-order valence-electron chi connectivity index (χ4n) is 0.928. The number of rotatable bonds is 3. The van der Waals surface area contributed by atoms with E-state index in [1.54, 1.807) is 24.0 Å². The fourth-order valence-corrected chi connectivity index (χ4v) is 1.96. The Hall–Kier alpha value is -0.540. The van der Waals surface area contributed by atoms with Gasteiger partial charge in [0.05, 0.1) is 5.02 Å². The quantitative estimate of drug-likeness (QED) is 0.588. The molecular formula is C10H12ClNOS. The number of carbonyl (C=O) groups is 1. The number of carbonyl (C=O) groups excluding carboxylic acids is 1. The fraction of sp³-hybridized carbons (Fsp3) is 0.400. The summed E-state index contributed by atoms with van der Waals surface area (Å²) >= 11 is 7.57. The van der Waals surface area contributed by atoms with Crippen LogP contribution in [0.5, 0.6) is 0 Å². The van der Waals surface area contributed by atoms with Crippen LogP contribution in [0.2, 0.25) is 5.02 Å². The third-order valence-corrected chi connectivity index (χ3v) is 2.98. The number of aromatic nitrogens is 1. The third kappa shape index (κ3) is 3.00. The standard InChI is InChI=1S/C10H12ClNOS/c1-6(2)14-10-9(11)4-8(5-12-10)7(3)13/h4-6H,1-3H3. The molecule has 0 fully saturated rings. The number of ketones is 1. The van der Waals surface area contributed by atoms with Crippen LogP contribution in [-0.4, -0.2) is 16.0 Å². The molecule has 76 valence electrons. The van der Waals surface area contributed by atoms with Crippen molar-refractivity contribution in [3.63, 3.8) is 0 Å². The summed E-state index contributed by atoms with van der Waals surface area (Å²) < 4.78 is 0. The maximum absolute atomic E-state index is 11.0. The summed E-state index contributed by atoms with van der Waals surface area (Å²) in [4.78, 5) is 15.2. The Morgan fingerprint density at radius 2 is 2.21 bits per heavy atom. The Labute approximate surface area is 93.1 Å². The predicted octanol–water partition coefficient (Wildman–Crippen LogP) is 3.44. The molecule has 1 rings (SSSR count). The minimum atomic E-state index is -0.0134. The second kappa shape index (κ2) is 4.80. The van der Waals surface area contributed by atoms with Gasteiger partial charge in [-0.2, -0.15) is 0 Å². The van der Waals surface area contributed by atoms with Gasteiger partial charge in [-0.1, -0.05) is 25.4 Å². The number of nitrogens with zero attached hydrogens (tertiary/aromatic N) is 1. The smallest absolute Gasteiger partial charge is 0.161 e. The first-order valence-corrected chi connectivity index (χ1v) is 5.59. The highest BCUT2D eigenvalue weighted by Crippen LogP contribution is 2.28. The molecule has 0 atom stereocenters. The zero-order valence-corrected chi connectivity index (χ0v) is 9.95. The number of halogens is 1. The lowest BCUT2D eigenvalue weighted by atomic mass is 10.2. The van der Waals surface area contributed by atoms with E-state index in [2.05, 4.69) is 18.8 Å². The van der Waals surface area contributed by atoms with Gasteiger partial charge < -0.3 is 0 Å². The molecule has 0 N–H and O–H groups in total. The van der Waals surface area contributed by atoms with Crippen LogP contribution in [0.25, 0.3) is 0 Å². The van der Waals surface area contributed by atoms with E-state index >= 15 is 0 Å². The molecule has 1 heterocycles. The van der Waals surface area contributed by atoms with Crippen LogP contribution in [-0.2, 0) is 0 Å². The van der Waals surface area contributed by atoms with Gasteiger partial charge in [0.2, 0.25) is 0 Å². The van der Waals surface area contributed by atoms with E-state index < -0.39 is 0 Å². The average Bonchev–Trinajstić information content (AvgIpc) is 2.07. The summed E-state index contributed by atoms with van der Waals surface area (Å²) in [5.41, 5.74) is 0.558. The lowest BCUT2D eigenvalue weighted by Crippen LogP contribution is -1.96. The molecular weight excluding hydrogens is 218 g/mol. The molecule has 0 aromatic carbocycles. The average molecular weight is 230 g/mol. The van der Waals surface area contributed by atoms with Crippen LogP contribution in [0.4, 0.5) is 0 Å². The van der Waals surface area contributed by atoms with E-state index in [0.29, 0.717) is 15.8 Å². The second-order valence-corrected chi connectivity index (χ2v) is 5.21. The minimum absolute atomic E-state index is 0.0134. The van der Waals surface area contributed by atoms with Crippen LogP contribution in [0.3, 0.4) is 0 Å². The lowest BCUT2D eigenvalue weighted by molar-refractivity contribution is 0.101. The van der Waals surface area contributed by atoms with Crippen molar-refractivity contribution in [3.8, 4) is 0 Å². The summed E-state index contributed by atoms with van der Waals surface area (Å²) in [6.45, 7) is 5.64. The zero-order valence-electron chi connectivity index (χ0n) is 8.37. The van der Waals surface area contributed by atoms with Crippen LogP contribution in [0, 0.1) is 0 Å². The number of thioether (sulfide) groups is 1. The van der Waals surface area contributed by atoms with Crippen molar-refractivity contribution < 1.29 is 4.79 Å². The Bertz CT molecular complexity index is 352. The van der Waals surface area contributed by atoms with Gasteiger partial charge in [-0.15, -0.1) is 11.8 Å². The summed E-state index contributed by atoms with van der Waals surface area (Å²) in [5, 5.41) is 1.77. The van der Waals surface area contributed by atoms with Gasteiger partial charge >= 0.3 is 0 Å². The van der Waals surface area contributed by atoms with E-state index in [0.717, 1.165) is 5.03 Å². The molecule has 0 aliphatic carbocycles. The van der Waals surface area contributed by atoms with E-state index in [4.69, 9.17) is 11.6 Å². The first kappa shape index (κ1) is 11.5. The maximum atomic E-state index is 11.0. The topological polar surface area (TPSA) is 30.0 Å². The van der Waals surface area contributed by atoms with Crippen LogP contribution < -0.4 is 0 Å². The van der Waals surface area contributed by atoms with Crippen molar-refractivity contribution in [2.75, 3.05) is 0 Å². The van der Waals surface area contributed by atoms with E-state index in [-0.39, 0.29) is 5.78 Å². The first-order valence-electron chi connectivity index (χ1n) is 4.34. The summed E-state index contributed by atoms with van der Waals surface area (Å²) in [5.74, 6) is -0.0134. The summed E-state index contributed by atoms with van der Waals surface area (Å²) in [7, 11) is 0. The predicted molar refractivity (Wildman–Crippen MR) is 60.2 cm³/mol. The molecule has 0 radical (unpaired) electrons. The van der Waals surface area contributed by atoms with Crippen LogP contribution in [0.1, 0.15) is 31.1 Å². The SMILES string of the molecule is CC(=O)c1cnc(SC(C)C)c(Cl)c1. The molecule has 0 bridgehead atoms. The molecule has 0 saturated heterocycles. The zero-order chi connectivity index (χ0) is 10.7. The van der Waals surface area contributed by atoms with Gasteiger partial charge in [0.25, 0.3) is 0 Å². The molecule has 0 aliphatic rings. The van der Waals surface area contributed by atoms with Gasteiger partial charge in [0.15, 0.2) is 5.78 Å². The summed E-state index contributed by atoms with van der Waals surface area (Å²) in [6, 6.07) is 1.67. The normalized spacial score (nSPS) is 10.6. The van der Waals surface area contributed by atoms with Gasteiger partial charge in [-0.25, -0.2) is 4.98 Å². The van der Waals surface area contributed by atoms with Crippen molar-refractivity contribution in [2.45, 2.75) is 31.0 Å². The van der Waals surface area contributed by atoms with Crippen molar-refractivity contribution in [2.24, 2.45) is 0 Å². The molecule has 2 nitrogen and oxygen atoms in total. The molecule has 1 aromatic rings. The highest BCUT2D eigenvalue weighted by atomic mass is 35.5. The van der Waals surface area contributed by atoms with Crippen molar-refractivity contribution in [1.29, 1.82) is 0 Å². The second-order valence-electron chi connectivity index (χ2n) is 3.23. The minimum Gasteiger partial charge on any atom is -0.294 e. The van der Waals surface area contributed by atoms with Crippen molar-refractivity contribution in [3.05, 3.63) is 22.8 Å². The van der Waals surface area contributed by atoms with E-state index in [1.165, 1.54) is 6.92 Å². The number of pyridine rings is 1. The molecule has 0 unspecified atom stereocenters. The lowest BCUT2D eigenvalue weighted by Gasteiger charge is -2.06. The molecule has 0 amide bonds. The van der Waals surface area contributed by atoms with E-state index in [1.807, 2.05) is 0 Å². The molecule has 0 aliphatic heterocycles. The van der Waals surface area contributed by atoms with Gasteiger partial charge in [-0.05, 0) is 13.0 Å². The first-order chi connectivity index (χ1) is 6.50. The monoisotopic (exact) mass is 229 g/mol. The van der Waals surface area contributed by atoms with Gasteiger partial charge in [0, 0.05) is 17.0 Å². The molecule has 0 saturated carbocycles. The Morgan fingerprint density at radius 3 is 2.64 bits per heavy atom. The van der Waals surface area contributed by atoms with Gasteiger partial charge in [0.1, 0.15) is 5.03 Å². The molecule has 4 heteroatoms. The maximum Gasteiger partial charge on any atom is 0.161 e. The Kier molecular flexibility index (Phi) is 3.96. The number of Topliss-reactive ketones (excluding diaryl/α,β-unsaturated/α-hetero) is 1. The van der Waals surface area contributed by atoms with Crippen molar-refractivity contribution >= 4 is 29.1 Å². The largest absolute Gasteiger partial charge is 0.294 e. The Balaban J connectivity index is 2.95. The highest BCUT2D eigenvalue weighted by Gasteiger charge is 2.08. The third-order valence-electron chi connectivity index (χ3n) is 1.56. The Morgan fingerprint density at radius 1 is 1.57 bits per heavy atom.